The minimum Gasteiger partial charge on any atom is -0.544 e. The average molecular weight is 720 g/mol. The van der Waals surface area contributed by atoms with Gasteiger partial charge in [0.15, 0.2) is 6.10 Å². The predicted molar refractivity (Wildman–Crippen MR) is 208 cm³/mol. The summed E-state index contributed by atoms with van der Waals surface area (Å²) in [6.45, 7) is 4.51. The first-order valence-electron chi connectivity index (χ1n) is 20.5. The van der Waals surface area contributed by atoms with Gasteiger partial charge in [0.1, 0.15) is 12.6 Å². The van der Waals surface area contributed by atoms with E-state index in [9.17, 15) is 19.5 Å². The van der Waals surface area contributed by atoms with Crippen molar-refractivity contribution < 1.29 is 38.2 Å². The number of esters is 2. The molecule has 0 bridgehead atoms. The Bertz CT molecular complexity index is 937. The molecule has 2 unspecified atom stereocenters. The molecule has 51 heavy (non-hydrogen) atoms. The van der Waals surface area contributed by atoms with Crippen LogP contribution in [0.25, 0.3) is 0 Å². The van der Waals surface area contributed by atoms with Crippen LogP contribution in [0.4, 0.5) is 0 Å². The number of hydrogen-bond acceptors (Lipinski definition) is 7. The average Bonchev–Trinajstić information content (AvgIpc) is 3.08. The number of hydrogen-bond donors (Lipinski definition) is 0. The molecule has 0 fully saturated rings. The van der Waals surface area contributed by atoms with E-state index in [-0.39, 0.29) is 42.7 Å². The van der Waals surface area contributed by atoms with E-state index in [1.165, 1.54) is 83.5 Å². The molecule has 0 saturated heterocycles. The van der Waals surface area contributed by atoms with Gasteiger partial charge in [-0.05, 0) is 32.1 Å². The van der Waals surface area contributed by atoms with Crippen molar-refractivity contribution in [2.24, 2.45) is 0 Å². The monoisotopic (exact) mass is 720 g/mol. The van der Waals surface area contributed by atoms with Crippen molar-refractivity contribution in [2.45, 2.75) is 180 Å². The van der Waals surface area contributed by atoms with Crippen molar-refractivity contribution in [3.63, 3.8) is 0 Å². The Labute approximate surface area is 313 Å². The van der Waals surface area contributed by atoms with E-state index in [1.54, 1.807) is 21.1 Å². The topological polar surface area (TPSA) is 102 Å². The first-order valence-corrected chi connectivity index (χ1v) is 20.5. The maximum atomic E-state index is 12.7. The van der Waals surface area contributed by atoms with Gasteiger partial charge in [0, 0.05) is 19.3 Å². The molecule has 0 aliphatic rings. The number of carbonyl (C=O) groups excluding carboxylic acids is 3. The molecule has 0 aliphatic carbocycles. The number of unbranched alkanes of at least 4 members (excludes halogenated alkanes) is 18. The van der Waals surface area contributed by atoms with E-state index >= 15 is 0 Å². The van der Waals surface area contributed by atoms with Crippen LogP contribution in [0.3, 0.4) is 0 Å². The molecule has 8 heteroatoms. The second-order valence-corrected chi connectivity index (χ2v) is 14.9. The zero-order valence-electron chi connectivity index (χ0n) is 33.5. The van der Waals surface area contributed by atoms with Crippen molar-refractivity contribution in [1.29, 1.82) is 0 Å². The van der Waals surface area contributed by atoms with E-state index in [4.69, 9.17) is 14.2 Å². The van der Waals surface area contributed by atoms with Gasteiger partial charge in [-0.1, -0.05) is 153 Å². The molecule has 296 valence electrons. The van der Waals surface area contributed by atoms with Crippen molar-refractivity contribution in [2.75, 3.05) is 41.0 Å². The van der Waals surface area contributed by atoms with E-state index in [2.05, 4.69) is 50.3 Å². The zero-order valence-corrected chi connectivity index (χ0v) is 33.5. The molecule has 0 aromatic heterocycles. The molecule has 0 saturated carbocycles. The summed E-state index contributed by atoms with van der Waals surface area (Å²) >= 11 is 0. The SMILES string of the molecule is CC/C=C/C=C/C=C/CCCCCCCCCC(=O)OCC(COCCC(C(=O)[O-])[N+](C)(C)C)OC(=O)CCCCCCCCCCCCCC. The highest BCUT2D eigenvalue weighted by molar-refractivity contribution is 5.70. The summed E-state index contributed by atoms with van der Waals surface area (Å²) in [4.78, 5) is 36.7. The van der Waals surface area contributed by atoms with Gasteiger partial charge in [-0.3, -0.25) is 9.59 Å². The molecule has 0 spiro atoms. The molecular weight excluding hydrogens is 642 g/mol. The number of carboxylic acids is 1. The smallest absolute Gasteiger partial charge is 0.306 e. The third kappa shape index (κ3) is 33.2. The Hall–Kier alpha value is -2.45. The Morgan fingerprint density at radius 2 is 1.10 bits per heavy atom. The Morgan fingerprint density at radius 3 is 1.61 bits per heavy atom. The van der Waals surface area contributed by atoms with Gasteiger partial charge >= 0.3 is 11.9 Å². The maximum Gasteiger partial charge on any atom is 0.306 e. The lowest BCUT2D eigenvalue weighted by molar-refractivity contribution is -0.889. The second-order valence-electron chi connectivity index (χ2n) is 14.9. The lowest BCUT2D eigenvalue weighted by Crippen LogP contribution is -2.55. The Morgan fingerprint density at radius 1 is 0.608 bits per heavy atom. The minimum absolute atomic E-state index is 0.0389. The Kier molecular flexibility index (Phi) is 33.0. The van der Waals surface area contributed by atoms with Gasteiger partial charge in [0.05, 0.1) is 40.3 Å². The van der Waals surface area contributed by atoms with Gasteiger partial charge in [0.2, 0.25) is 0 Å². The van der Waals surface area contributed by atoms with E-state index in [0.29, 0.717) is 12.8 Å². The third-order valence-electron chi connectivity index (χ3n) is 9.10. The molecule has 0 radical (unpaired) electrons. The molecule has 2 atom stereocenters. The number of ether oxygens (including phenoxy) is 3. The van der Waals surface area contributed by atoms with Crippen LogP contribution < -0.4 is 5.11 Å². The lowest BCUT2D eigenvalue weighted by Gasteiger charge is -2.34. The van der Waals surface area contributed by atoms with Crippen molar-refractivity contribution in [3.05, 3.63) is 36.5 Å². The first-order chi connectivity index (χ1) is 24.6. The molecule has 0 aromatic carbocycles. The lowest BCUT2D eigenvalue weighted by atomic mass is 10.0. The first kappa shape index (κ1) is 48.5. The highest BCUT2D eigenvalue weighted by atomic mass is 16.6. The summed E-state index contributed by atoms with van der Waals surface area (Å²) in [5.41, 5.74) is 0. The highest BCUT2D eigenvalue weighted by Crippen LogP contribution is 2.14. The van der Waals surface area contributed by atoms with E-state index < -0.39 is 18.1 Å². The van der Waals surface area contributed by atoms with Gasteiger partial charge in [-0.25, -0.2) is 0 Å². The molecule has 0 N–H and O–H groups in total. The summed E-state index contributed by atoms with van der Waals surface area (Å²) < 4.78 is 17.1. The second kappa shape index (κ2) is 34.6. The zero-order chi connectivity index (χ0) is 37.8. The molecule has 0 rings (SSSR count). The molecule has 0 heterocycles. The quantitative estimate of drug-likeness (QED) is 0.0275. The summed E-state index contributed by atoms with van der Waals surface area (Å²) in [5.74, 6) is -1.75. The van der Waals surface area contributed by atoms with Gasteiger partial charge < -0.3 is 28.6 Å². The summed E-state index contributed by atoms with van der Waals surface area (Å²) in [5, 5.41) is 11.6. The molecule has 0 aromatic rings. The fourth-order valence-corrected chi connectivity index (χ4v) is 5.89. The fourth-order valence-electron chi connectivity index (χ4n) is 5.89. The number of carbonyl (C=O) groups is 3. The van der Waals surface area contributed by atoms with Crippen LogP contribution in [0.1, 0.15) is 168 Å². The fraction of sp³-hybridized carbons (Fsp3) is 0.791. The van der Waals surface area contributed by atoms with E-state index in [1.807, 2.05) is 0 Å². The van der Waals surface area contributed by atoms with Crippen LogP contribution in [0.5, 0.6) is 0 Å². The summed E-state index contributed by atoms with van der Waals surface area (Å²) in [6.07, 6.45) is 37.3. The van der Waals surface area contributed by atoms with Gasteiger partial charge in [-0.2, -0.15) is 0 Å². The van der Waals surface area contributed by atoms with Gasteiger partial charge in [0.25, 0.3) is 0 Å². The molecule has 8 nitrogen and oxygen atoms in total. The normalized spacial score (nSPS) is 13.4. The standard InChI is InChI=1S/C43H77NO7/c1-6-8-10-12-14-16-18-20-21-22-24-25-27-29-31-33-41(45)50-38-39(37-49-36-35-40(43(47)48)44(3,4)5)51-42(46)34-32-30-28-26-23-19-17-15-13-11-9-7-2/h8,10,12,14,16,18,39-40H,6-7,9,11,13,15,17,19-38H2,1-5H3/b10-8+,14-12+,18-16+. The molecule has 0 aliphatic heterocycles. The predicted octanol–water partition coefficient (Wildman–Crippen LogP) is 9.35. The number of likely N-dealkylation sites (N-methyl/N-ethyl adjacent to an activating group) is 1. The third-order valence-corrected chi connectivity index (χ3v) is 9.10. The minimum atomic E-state index is -1.13. The summed E-state index contributed by atoms with van der Waals surface area (Å²) in [7, 11) is 5.40. The van der Waals surface area contributed by atoms with Crippen LogP contribution in [0.2, 0.25) is 0 Å². The largest absolute Gasteiger partial charge is 0.544 e. The number of rotatable bonds is 36. The van der Waals surface area contributed by atoms with Crippen molar-refractivity contribution in [1.82, 2.24) is 0 Å². The number of aliphatic carboxylic acids is 1. The number of nitrogens with zero attached hydrogens (tertiary/aromatic N) is 1. The van der Waals surface area contributed by atoms with Crippen LogP contribution >= 0.6 is 0 Å². The van der Waals surface area contributed by atoms with Crippen LogP contribution in [0.15, 0.2) is 36.5 Å². The number of quaternary nitrogens is 1. The number of allylic oxidation sites excluding steroid dienone is 6. The van der Waals surface area contributed by atoms with Gasteiger partial charge in [-0.15, -0.1) is 0 Å². The van der Waals surface area contributed by atoms with Crippen molar-refractivity contribution in [3.8, 4) is 0 Å². The highest BCUT2D eigenvalue weighted by Gasteiger charge is 2.25. The van der Waals surface area contributed by atoms with Crippen LogP contribution in [-0.2, 0) is 28.6 Å². The molecule has 0 amide bonds. The van der Waals surface area contributed by atoms with Crippen LogP contribution in [0, 0.1) is 0 Å². The van der Waals surface area contributed by atoms with Crippen molar-refractivity contribution >= 4 is 17.9 Å². The van der Waals surface area contributed by atoms with Crippen LogP contribution in [-0.4, -0.2) is 75.5 Å². The number of carboxylic acid groups (broad SMARTS) is 1. The molecular formula is C43H77NO7. The summed E-state index contributed by atoms with van der Waals surface area (Å²) in [6, 6.07) is -0.725. The maximum absolute atomic E-state index is 12.7. The Balaban J connectivity index is 4.38. The van der Waals surface area contributed by atoms with E-state index in [0.717, 1.165) is 51.4 Å².